The van der Waals surface area contributed by atoms with Crippen LogP contribution in [0.1, 0.15) is 45.7 Å². The van der Waals surface area contributed by atoms with Crippen molar-refractivity contribution < 1.29 is 5.11 Å². The highest BCUT2D eigenvalue weighted by Crippen LogP contribution is 2.36. The number of rotatable bonds is 7. The first-order valence-electron chi connectivity index (χ1n) is 9.09. The number of halogens is 2. The third-order valence-electron chi connectivity index (χ3n) is 4.79. The molecule has 1 fully saturated rings. The minimum atomic E-state index is 0. The average Bonchev–Trinajstić information content (AvgIpc) is 2.55. The van der Waals surface area contributed by atoms with E-state index in [1.807, 2.05) is 6.07 Å². The zero-order valence-corrected chi connectivity index (χ0v) is 17.6. The highest BCUT2D eigenvalue weighted by molar-refractivity contribution is 5.85. The Kier molecular flexibility index (Phi) is 11.5. The van der Waals surface area contributed by atoms with Gasteiger partial charge in [0.1, 0.15) is 5.75 Å². The van der Waals surface area contributed by atoms with E-state index in [4.69, 9.17) is 0 Å². The Labute approximate surface area is 165 Å². The van der Waals surface area contributed by atoms with E-state index in [0.29, 0.717) is 17.7 Å². The van der Waals surface area contributed by atoms with Gasteiger partial charge < -0.3 is 15.3 Å². The summed E-state index contributed by atoms with van der Waals surface area (Å²) >= 11 is 0. The van der Waals surface area contributed by atoms with Crippen LogP contribution < -0.4 is 10.2 Å². The second-order valence-corrected chi connectivity index (χ2v) is 6.85. The summed E-state index contributed by atoms with van der Waals surface area (Å²) in [5, 5.41) is 14.1. The summed E-state index contributed by atoms with van der Waals surface area (Å²) in [5.74, 6) is 1.05. The lowest BCUT2D eigenvalue weighted by Crippen LogP contribution is -2.45. The molecule has 0 aliphatic carbocycles. The van der Waals surface area contributed by atoms with Gasteiger partial charge in [-0.15, -0.1) is 24.8 Å². The summed E-state index contributed by atoms with van der Waals surface area (Å²) in [5.41, 5.74) is 2.19. The van der Waals surface area contributed by atoms with Gasteiger partial charge in [0.05, 0.1) is 0 Å². The second kappa shape index (κ2) is 11.8. The number of nitrogens with zero attached hydrogens (tertiary/aromatic N) is 2. The number of hydrogen-bond donors (Lipinski definition) is 2. The molecule has 146 valence electrons. The van der Waals surface area contributed by atoms with Crippen molar-refractivity contribution in [2.24, 2.45) is 5.92 Å². The summed E-state index contributed by atoms with van der Waals surface area (Å²) in [6.45, 7) is 14.9. The van der Waals surface area contributed by atoms with Gasteiger partial charge in [-0.1, -0.05) is 19.9 Å². The van der Waals surface area contributed by atoms with E-state index in [1.165, 1.54) is 0 Å². The van der Waals surface area contributed by atoms with E-state index >= 15 is 0 Å². The highest BCUT2D eigenvalue weighted by atomic mass is 35.5. The van der Waals surface area contributed by atoms with Gasteiger partial charge in [-0.25, -0.2) is 0 Å². The molecule has 4 nitrogen and oxygen atoms in total. The van der Waals surface area contributed by atoms with Crippen molar-refractivity contribution >= 4 is 30.5 Å². The molecule has 1 aromatic carbocycles. The van der Waals surface area contributed by atoms with E-state index in [9.17, 15) is 5.11 Å². The van der Waals surface area contributed by atoms with Crippen LogP contribution >= 0.6 is 24.8 Å². The summed E-state index contributed by atoms with van der Waals surface area (Å²) in [6.07, 6.45) is 1.08. The van der Waals surface area contributed by atoms with Crippen molar-refractivity contribution in [2.45, 2.75) is 40.2 Å². The predicted molar refractivity (Wildman–Crippen MR) is 113 cm³/mol. The molecular weight excluding hydrogens is 357 g/mol. The fourth-order valence-corrected chi connectivity index (χ4v) is 3.51. The Morgan fingerprint density at radius 2 is 1.72 bits per heavy atom. The first-order chi connectivity index (χ1) is 11.1. The molecule has 1 aromatic rings. The fraction of sp³-hybridized carbons (Fsp3) is 0.684. The number of benzene rings is 1. The Hall–Kier alpha value is -0.680. The zero-order chi connectivity index (χ0) is 16.8. The van der Waals surface area contributed by atoms with Crippen molar-refractivity contribution in [3.05, 3.63) is 23.8 Å². The number of piperazine rings is 1. The van der Waals surface area contributed by atoms with Crippen molar-refractivity contribution in [3.63, 3.8) is 0 Å². The smallest absolute Gasteiger partial charge is 0.122 e. The topological polar surface area (TPSA) is 38.7 Å². The van der Waals surface area contributed by atoms with Crippen molar-refractivity contribution in [1.82, 2.24) is 10.2 Å². The summed E-state index contributed by atoms with van der Waals surface area (Å²) in [4.78, 5) is 4.79. The van der Waals surface area contributed by atoms with Crippen LogP contribution in [0, 0.1) is 5.92 Å². The molecule has 0 amide bonds. The van der Waals surface area contributed by atoms with Gasteiger partial charge in [0, 0.05) is 62.6 Å². The standard InChI is InChI=1S/C19H33N3O.2ClH/c1-5-21(6-2)16-7-8-17(19(23)14-16)18(13-15(3)4)22-11-9-20-10-12-22;;/h7-8,14-15,18,20,23H,5-6,9-13H2,1-4H3;2*1H/t18-;;/m1../s1. The van der Waals surface area contributed by atoms with E-state index in [0.717, 1.165) is 56.9 Å². The molecule has 1 aliphatic rings. The molecule has 0 aromatic heterocycles. The molecule has 0 radical (unpaired) electrons. The normalized spacial score (nSPS) is 16.0. The molecule has 2 N–H and O–H groups in total. The largest absolute Gasteiger partial charge is 0.508 e. The van der Waals surface area contributed by atoms with Gasteiger partial charge in [-0.2, -0.15) is 0 Å². The molecule has 0 spiro atoms. The van der Waals surface area contributed by atoms with Crippen LogP contribution in [0.4, 0.5) is 5.69 Å². The number of hydrogen-bond acceptors (Lipinski definition) is 4. The first kappa shape index (κ1) is 24.3. The Balaban J connectivity index is 0.00000288. The SMILES string of the molecule is CCN(CC)c1ccc([C@@H](CC(C)C)N2CCNCC2)c(O)c1.Cl.Cl. The second-order valence-electron chi connectivity index (χ2n) is 6.85. The minimum Gasteiger partial charge on any atom is -0.508 e. The molecule has 6 heteroatoms. The average molecular weight is 392 g/mol. The molecule has 0 saturated carbocycles. The van der Waals surface area contributed by atoms with Crippen LogP contribution in [-0.4, -0.2) is 49.3 Å². The number of nitrogens with one attached hydrogen (secondary N) is 1. The summed E-state index contributed by atoms with van der Waals surface area (Å²) < 4.78 is 0. The van der Waals surface area contributed by atoms with E-state index in [-0.39, 0.29) is 24.8 Å². The lowest BCUT2D eigenvalue weighted by atomic mass is 9.94. The van der Waals surface area contributed by atoms with Crippen LogP contribution in [0.25, 0.3) is 0 Å². The third-order valence-corrected chi connectivity index (χ3v) is 4.79. The van der Waals surface area contributed by atoms with Gasteiger partial charge in [0.25, 0.3) is 0 Å². The molecule has 0 bridgehead atoms. The number of aromatic hydroxyl groups is 1. The van der Waals surface area contributed by atoms with Crippen molar-refractivity contribution in [2.75, 3.05) is 44.2 Å². The number of phenolic OH excluding ortho intramolecular Hbond substituents is 1. The Bertz CT molecular complexity index is 490. The molecule has 0 unspecified atom stereocenters. The van der Waals surface area contributed by atoms with Gasteiger partial charge in [0.2, 0.25) is 0 Å². The first-order valence-corrected chi connectivity index (χ1v) is 9.09. The van der Waals surface area contributed by atoms with Gasteiger partial charge >= 0.3 is 0 Å². The quantitative estimate of drug-likeness (QED) is 0.734. The number of anilines is 1. The molecule has 1 atom stereocenters. The van der Waals surface area contributed by atoms with Crippen LogP contribution in [0.2, 0.25) is 0 Å². The van der Waals surface area contributed by atoms with Crippen LogP contribution in [0.5, 0.6) is 5.75 Å². The lowest BCUT2D eigenvalue weighted by Gasteiger charge is -2.36. The molecule has 1 aliphatic heterocycles. The van der Waals surface area contributed by atoms with Crippen LogP contribution in [0.15, 0.2) is 18.2 Å². The van der Waals surface area contributed by atoms with E-state index in [2.05, 4.69) is 54.9 Å². The van der Waals surface area contributed by atoms with Crippen LogP contribution in [0.3, 0.4) is 0 Å². The van der Waals surface area contributed by atoms with E-state index < -0.39 is 0 Å². The number of phenols is 1. The molecule has 25 heavy (non-hydrogen) atoms. The van der Waals surface area contributed by atoms with Gasteiger partial charge in [-0.3, -0.25) is 4.90 Å². The lowest BCUT2D eigenvalue weighted by molar-refractivity contribution is 0.151. The van der Waals surface area contributed by atoms with Crippen molar-refractivity contribution in [1.29, 1.82) is 0 Å². The molecule has 1 saturated heterocycles. The monoisotopic (exact) mass is 391 g/mol. The molecule has 2 rings (SSSR count). The molecule has 1 heterocycles. The summed E-state index contributed by atoms with van der Waals surface area (Å²) in [7, 11) is 0. The summed E-state index contributed by atoms with van der Waals surface area (Å²) in [6, 6.07) is 6.55. The Morgan fingerprint density at radius 1 is 1.12 bits per heavy atom. The van der Waals surface area contributed by atoms with Crippen molar-refractivity contribution in [3.8, 4) is 5.75 Å². The van der Waals surface area contributed by atoms with Gasteiger partial charge in [0.15, 0.2) is 0 Å². The fourth-order valence-electron chi connectivity index (χ4n) is 3.51. The van der Waals surface area contributed by atoms with E-state index in [1.54, 1.807) is 0 Å². The zero-order valence-electron chi connectivity index (χ0n) is 16.0. The minimum absolute atomic E-state index is 0. The third kappa shape index (κ3) is 6.52. The maximum absolute atomic E-state index is 10.7. The highest BCUT2D eigenvalue weighted by Gasteiger charge is 2.25. The predicted octanol–water partition coefficient (Wildman–Crippen LogP) is 4.07. The molecular formula is C19H35Cl2N3O. The van der Waals surface area contributed by atoms with Gasteiger partial charge in [-0.05, 0) is 32.3 Å². The maximum Gasteiger partial charge on any atom is 0.122 e. The van der Waals surface area contributed by atoms with Crippen LogP contribution in [-0.2, 0) is 0 Å². The Morgan fingerprint density at radius 3 is 2.20 bits per heavy atom. The maximum atomic E-state index is 10.7.